The first-order valence-corrected chi connectivity index (χ1v) is 7.76. The van der Waals surface area contributed by atoms with Gasteiger partial charge in [-0.1, -0.05) is 27.7 Å². The van der Waals surface area contributed by atoms with Gasteiger partial charge in [-0.2, -0.15) is 0 Å². The first-order chi connectivity index (χ1) is 8.77. The van der Waals surface area contributed by atoms with Crippen LogP contribution in [0.5, 0.6) is 0 Å². The van der Waals surface area contributed by atoms with E-state index in [9.17, 15) is 0 Å². The van der Waals surface area contributed by atoms with Crippen molar-refractivity contribution in [2.24, 2.45) is 0 Å². The third-order valence-electron chi connectivity index (χ3n) is 3.81. The molecule has 1 nitrogen and oxygen atoms in total. The van der Waals surface area contributed by atoms with Gasteiger partial charge >= 0.3 is 0 Å². The van der Waals surface area contributed by atoms with Crippen LogP contribution < -0.4 is 0 Å². The molecule has 1 aromatic heterocycles. The van der Waals surface area contributed by atoms with Gasteiger partial charge in [-0.3, -0.25) is 4.98 Å². The van der Waals surface area contributed by atoms with Crippen LogP contribution in [-0.4, -0.2) is 4.98 Å². The Labute approximate surface area is 113 Å². The number of rotatable bonds is 1. The lowest BCUT2D eigenvalue weighted by atomic mass is 10.00. The fourth-order valence-electron chi connectivity index (χ4n) is 2.66. The van der Waals surface area contributed by atoms with E-state index in [0.717, 1.165) is 5.92 Å². The summed E-state index contributed by atoms with van der Waals surface area (Å²) in [6.45, 7) is 12.5. The molecule has 18 heavy (non-hydrogen) atoms. The van der Waals surface area contributed by atoms with Crippen LogP contribution in [0.1, 0.15) is 81.0 Å². The Morgan fingerprint density at radius 3 is 2.06 bits per heavy atom. The van der Waals surface area contributed by atoms with Crippen LogP contribution in [0.2, 0.25) is 0 Å². The number of aryl methyl sites for hydroxylation is 1. The Morgan fingerprint density at radius 2 is 1.50 bits per heavy atom. The van der Waals surface area contributed by atoms with E-state index in [-0.39, 0.29) is 0 Å². The first-order valence-electron chi connectivity index (χ1n) is 7.76. The highest BCUT2D eigenvalue weighted by Gasteiger charge is 2.29. The van der Waals surface area contributed by atoms with Gasteiger partial charge in [-0.25, -0.2) is 0 Å². The highest BCUT2D eigenvalue weighted by atomic mass is 14.8. The second-order valence-electron chi connectivity index (χ2n) is 4.80. The molecule has 0 amide bonds. The maximum atomic E-state index is 4.88. The van der Waals surface area contributed by atoms with Gasteiger partial charge in [0.2, 0.25) is 0 Å². The average Bonchev–Trinajstić information content (AvgIpc) is 3.17. The number of hydrogen-bond acceptors (Lipinski definition) is 1. The summed E-state index contributed by atoms with van der Waals surface area (Å²) in [5.41, 5.74) is 7.41. The lowest BCUT2D eigenvalue weighted by Gasteiger charge is -2.12. The van der Waals surface area contributed by atoms with E-state index in [2.05, 4.69) is 13.8 Å². The summed E-state index contributed by atoms with van der Waals surface area (Å²) in [5, 5.41) is 0. The molecule has 1 heteroatoms. The molecule has 0 radical (unpaired) electrons. The number of fused-ring (bicyclic) bond motifs is 1. The molecule has 102 valence electrons. The van der Waals surface area contributed by atoms with Crippen molar-refractivity contribution in [1.82, 2.24) is 4.98 Å². The lowest BCUT2D eigenvalue weighted by Crippen LogP contribution is -2.01. The molecule has 1 fully saturated rings. The van der Waals surface area contributed by atoms with Crippen LogP contribution in [0.25, 0.3) is 0 Å². The molecule has 1 saturated carbocycles. The fraction of sp³-hybridized carbons (Fsp3) is 0.706. The lowest BCUT2D eigenvalue weighted by molar-refractivity contribution is 0.888. The highest BCUT2D eigenvalue weighted by Crippen LogP contribution is 2.42. The summed E-state index contributed by atoms with van der Waals surface area (Å²) in [4.78, 5) is 4.88. The minimum atomic E-state index is 0.805. The van der Waals surface area contributed by atoms with E-state index >= 15 is 0 Å². The molecule has 0 saturated heterocycles. The molecule has 1 heterocycles. The van der Waals surface area contributed by atoms with Crippen molar-refractivity contribution in [2.75, 3.05) is 0 Å². The Bertz CT molecular complexity index is 389. The summed E-state index contributed by atoms with van der Waals surface area (Å²) in [7, 11) is 0. The molecule has 0 unspecified atom stereocenters. The van der Waals surface area contributed by atoms with E-state index in [4.69, 9.17) is 4.98 Å². The molecule has 0 bridgehead atoms. The Hall–Kier alpha value is -0.850. The second-order valence-corrected chi connectivity index (χ2v) is 4.80. The molecule has 0 N–H and O–H groups in total. The molecule has 3 rings (SSSR count). The Balaban J connectivity index is 0.000000371. The summed E-state index contributed by atoms with van der Waals surface area (Å²) >= 11 is 0. The van der Waals surface area contributed by atoms with Crippen molar-refractivity contribution in [3.63, 3.8) is 0 Å². The molecule has 0 spiro atoms. The van der Waals surface area contributed by atoms with Crippen molar-refractivity contribution >= 4 is 0 Å². The minimum Gasteiger partial charge on any atom is -0.257 e. The van der Waals surface area contributed by atoms with E-state index in [1.54, 1.807) is 5.56 Å². The Morgan fingerprint density at radius 1 is 0.889 bits per heavy atom. The van der Waals surface area contributed by atoms with E-state index in [0.29, 0.717) is 0 Å². The van der Waals surface area contributed by atoms with Crippen LogP contribution in [0, 0.1) is 13.8 Å². The minimum absolute atomic E-state index is 0.805. The van der Waals surface area contributed by atoms with E-state index < -0.39 is 0 Å². The van der Waals surface area contributed by atoms with Gasteiger partial charge in [-0.05, 0) is 62.6 Å². The fourth-order valence-corrected chi connectivity index (χ4v) is 2.66. The molecule has 0 aromatic carbocycles. The summed E-state index contributed by atoms with van der Waals surface area (Å²) in [6.07, 6.45) is 6.53. The normalized spacial score (nSPS) is 16.1. The molecular formula is C17H29N. The summed E-state index contributed by atoms with van der Waals surface area (Å²) in [5.74, 6) is 0.805. The zero-order chi connectivity index (χ0) is 13.7. The van der Waals surface area contributed by atoms with Crippen molar-refractivity contribution in [1.29, 1.82) is 0 Å². The highest BCUT2D eigenvalue weighted by molar-refractivity contribution is 5.43. The average molecular weight is 247 g/mol. The van der Waals surface area contributed by atoms with Crippen LogP contribution in [-0.2, 0) is 12.8 Å². The van der Waals surface area contributed by atoms with Gasteiger partial charge in [0.15, 0.2) is 0 Å². The third-order valence-corrected chi connectivity index (χ3v) is 3.81. The molecule has 2 aliphatic rings. The predicted molar refractivity (Wildman–Crippen MR) is 80.4 cm³/mol. The quantitative estimate of drug-likeness (QED) is 0.671. The van der Waals surface area contributed by atoms with Crippen molar-refractivity contribution in [3.8, 4) is 0 Å². The number of hydrogen-bond donors (Lipinski definition) is 0. The molecular weight excluding hydrogens is 218 g/mol. The summed E-state index contributed by atoms with van der Waals surface area (Å²) in [6, 6.07) is 0. The molecule has 0 atom stereocenters. The number of nitrogens with zero attached hydrogens (tertiary/aromatic N) is 1. The van der Waals surface area contributed by atoms with Crippen LogP contribution >= 0.6 is 0 Å². The number of pyridine rings is 1. The third kappa shape index (κ3) is 2.93. The smallest absolute Gasteiger partial charge is 0.0469 e. The van der Waals surface area contributed by atoms with Gasteiger partial charge in [0, 0.05) is 17.3 Å². The molecule has 0 aliphatic heterocycles. The van der Waals surface area contributed by atoms with Gasteiger partial charge in [0.1, 0.15) is 0 Å². The summed E-state index contributed by atoms with van der Waals surface area (Å²) < 4.78 is 0. The van der Waals surface area contributed by atoms with Gasteiger partial charge in [0.05, 0.1) is 0 Å². The van der Waals surface area contributed by atoms with Crippen molar-refractivity contribution < 1.29 is 0 Å². The van der Waals surface area contributed by atoms with Gasteiger partial charge in [-0.15, -0.1) is 0 Å². The van der Waals surface area contributed by atoms with Crippen LogP contribution in [0.4, 0.5) is 0 Å². The maximum absolute atomic E-state index is 4.88. The topological polar surface area (TPSA) is 12.9 Å². The molecule has 1 aromatic rings. The SMILES string of the molecule is CC.CC.Cc1c(C2CC2)nc2c(c1C)CCC2. The van der Waals surface area contributed by atoms with Gasteiger partial charge < -0.3 is 0 Å². The van der Waals surface area contributed by atoms with Crippen LogP contribution in [0.15, 0.2) is 0 Å². The largest absolute Gasteiger partial charge is 0.257 e. The maximum Gasteiger partial charge on any atom is 0.0469 e. The van der Waals surface area contributed by atoms with E-state index in [1.165, 1.54) is 54.6 Å². The monoisotopic (exact) mass is 247 g/mol. The van der Waals surface area contributed by atoms with Crippen LogP contribution in [0.3, 0.4) is 0 Å². The molecule has 2 aliphatic carbocycles. The Kier molecular flexibility index (Phi) is 5.84. The standard InChI is InChI=1S/C13H17N.2C2H6/c1-8-9(2)13(10-6-7-10)14-12-5-3-4-11(8)12;2*1-2/h10H,3-7H2,1-2H3;2*1-2H3. The van der Waals surface area contributed by atoms with Crippen molar-refractivity contribution in [3.05, 3.63) is 28.1 Å². The zero-order valence-electron chi connectivity index (χ0n) is 13.1. The van der Waals surface area contributed by atoms with E-state index in [1.807, 2.05) is 27.7 Å². The second kappa shape index (κ2) is 6.92. The van der Waals surface area contributed by atoms with Crippen molar-refractivity contribution in [2.45, 2.75) is 79.6 Å². The van der Waals surface area contributed by atoms with Gasteiger partial charge in [0.25, 0.3) is 0 Å². The zero-order valence-corrected chi connectivity index (χ0v) is 13.1. The number of aromatic nitrogens is 1. The predicted octanol–water partition coefficient (Wildman–Crippen LogP) is 5.12. The first kappa shape index (κ1) is 15.2.